The maximum atomic E-state index is 14.4. The molecule has 0 aliphatic carbocycles. The molecule has 0 aromatic carbocycles. The number of fused-ring (bicyclic) bond motifs is 2. The average molecular weight is 575 g/mol. The molecule has 0 aromatic rings. The van der Waals surface area contributed by atoms with Crippen molar-refractivity contribution in [1.29, 1.82) is 0 Å². The van der Waals surface area contributed by atoms with E-state index in [0.29, 0.717) is 45.9 Å². The van der Waals surface area contributed by atoms with Crippen molar-refractivity contribution >= 4 is 29.5 Å². The van der Waals surface area contributed by atoms with Crippen LogP contribution in [-0.2, 0) is 19.1 Å². The van der Waals surface area contributed by atoms with Gasteiger partial charge < -0.3 is 24.5 Å². The Kier molecular flexibility index (Phi) is 9.29. The SMILES string of the molecule is CCCN1CC=C[C@]2(C)S[C@]34C=CCN(CCN5CCOCC5)C(=O)C3N(CCCCCCO)C(=O)[C@@H]4[C@@H]2C1=O. The molecule has 0 bridgehead atoms. The minimum atomic E-state index is -0.776. The summed E-state index contributed by atoms with van der Waals surface area (Å²) >= 11 is 1.67. The molecule has 5 heterocycles. The molecule has 222 valence electrons. The summed E-state index contributed by atoms with van der Waals surface area (Å²) < 4.78 is 4.16. The van der Waals surface area contributed by atoms with E-state index in [0.717, 1.165) is 51.7 Å². The fourth-order valence-corrected chi connectivity index (χ4v) is 9.52. The molecule has 5 atom stereocenters. The summed E-state index contributed by atoms with van der Waals surface area (Å²) in [5.74, 6) is -1.09. The molecule has 0 radical (unpaired) electrons. The van der Waals surface area contributed by atoms with Crippen LogP contribution in [-0.4, -0.2) is 130 Å². The van der Waals surface area contributed by atoms with E-state index in [-0.39, 0.29) is 24.3 Å². The van der Waals surface area contributed by atoms with Gasteiger partial charge in [0.25, 0.3) is 0 Å². The zero-order valence-corrected chi connectivity index (χ0v) is 24.9. The Labute approximate surface area is 242 Å². The number of nitrogens with zero attached hydrogens (tertiary/aromatic N) is 4. The lowest BCUT2D eigenvalue weighted by molar-refractivity contribution is -0.145. The quantitative estimate of drug-likeness (QED) is 0.297. The third-order valence-corrected chi connectivity index (χ3v) is 11.1. The number of morpholine rings is 1. The van der Waals surface area contributed by atoms with Gasteiger partial charge in [0.15, 0.2) is 0 Å². The fourth-order valence-electron chi connectivity index (χ4n) is 7.37. The van der Waals surface area contributed by atoms with Gasteiger partial charge in [0.2, 0.25) is 17.7 Å². The number of amides is 3. The van der Waals surface area contributed by atoms with Crippen molar-refractivity contribution in [3.8, 4) is 0 Å². The first-order valence-electron chi connectivity index (χ1n) is 15.2. The number of aliphatic hydroxyl groups excluding tert-OH is 1. The van der Waals surface area contributed by atoms with Crippen LogP contribution >= 0.6 is 11.8 Å². The predicted octanol–water partition coefficient (Wildman–Crippen LogP) is 1.77. The second-order valence-corrected chi connectivity index (χ2v) is 13.8. The first-order valence-corrected chi connectivity index (χ1v) is 16.0. The van der Waals surface area contributed by atoms with Crippen LogP contribution in [0.5, 0.6) is 0 Å². The molecule has 5 aliphatic heterocycles. The highest BCUT2D eigenvalue weighted by Gasteiger charge is 2.73. The summed E-state index contributed by atoms with van der Waals surface area (Å²) in [6.45, 7) is 11.1. The molecule has 1 N–H and O–H groups in total. The van der Waals surface area contributed by atoms with Gasteiger partial charge in [-0.1, -0.05) is 44.1 Å². The van der Waals surface area contributed by atoms with E-state index < -0.39 is 27.4 Å². The fraction of sp³-hybridized carbons (Fsp3) is 0.767. The Hall–Kier alpha value is -1.88. The lowest BCUT2D eigenvalue weighted by Gasteiger charge is -2.37. The molecule has 10 heteroatoms. The van der Waals surface area contributed by atoms with Crippen LogP contribution in [0.3, 0.4) is 0 Å². The number of thioether (sulfide) groups is 1. The summed E-state index contributed by atoms with van der Waals surface area (Å²) in [7, 11) is 0. The maximum Gasteiger partial charge on any atom is 0.247 e. The van der Waals surface area contributed by atoms with Crippen LogP contribution in [0.1, 0.15) is 46.0 Å². The molecule has 40 heavy (non-hydrogen) atoms. The van der Waals surface area contributed by atoms with Gasteiger partial charge in [-0.25, -0.2) is 0 Å². The lowest BCUT2D eigenvalue weighted by Crippen LogP contribution is -2.54. The van der Waals surface area contributed by atoms with Crippen molar-refractivity contribution in [2.24, 2.45) is 11.8 Å². The van der Waals surface area contributed by atoms with Gasteiger partial charge in [-0.15, -0.1) is 11.8 Å². The number of carbonyl (C=O) groups excluding carboxylic acids is 3. The van der Waals surface area contributed by atoms with Gasteiger partial charge in [0.1, 0.15) is 6.04 Å². The molecule has 3 amide bonds. The highest BCUT2D eigenvalue weighted by molar-refractivity contribution is 8.02. The smallest absolute Gasteiger partial charge is 0.247 e. The van der Waals surface area contributed by atoms with E-state index >= 15 is 0 Å². The third-order valence-electron chi connectivity index (χ3n) is 9.31. The van der Waals surface area contributed by atoms with Crippen molar-refractivity contribution < 1.29 is 24.2 Å². The van der Waals surface area contributed by atoms with Gasteiger partial charge in [0.05, 0.1) is 29.8 Å². The lowest BCUT2D eigenvalue weighted by atomic mass is 9.74. The maximum absolute atomic E-state index is 14.4. The summed E-state index contributed by atoms with van der Waals surface area (Å²) in [6.07, 6.45) is 12.6. The largest absolute Gasteiger partial charge is 0.396 e. The normalized spacial score (nSPS) is 34.2. The van der Waals surface area contributed by atoms with Gasteiger partial charge in [-0.3, -0.25) is 19.3 Å². The van der Waals surface area contributed by atoms with E-state index in [1.807, 2.05) is 14.7 Å². The number of hydrogen-bond acceptors (Lipinski definition) is 7. The number of aliphatic hydroxyl groups is 1. The monoisotopic (exact) mass is 574 g/mol. The molecule has 9 nitrogen and oxygen atoms in total. The molecule has 5 aliphatic rings. The molecule has 3 saturated heterocycles. The number of ether oxygens (including phenoxy) is 1. The Bertz CT molecular complexity index is 1020. The van der Waals surface area contributed by atoms with Gasteiger partial charge >= 0.3 is 0 Å². The molecular formula is C30H46N4O5S. The summed E-state index contributed by atoms with van der Waals surface area (Å²) in [6, 6.07) is -0.624. The first kappa shape index (κ1) is 29.6. The Morgan fingerprint density at radius 3 is 2.30 bits per heavy atom. The molecule has 0 aromatic heterocycles. The minimum Gasteiger partial charge on any atom is -0.396 e. The van der Waals surface area contributed by atoms with Crippen molar-refractivity contribution in [3.05, 3.63) is 24.3 Å². The molecule has 1 spiro atoms. The molecule has 3 fully saturated rings. The van der Waals surface area contributed by atoms with E-state index in [1.54, 1.807) is 11.8 Å². The highest BCUT2D eigenvalue weighted by atomic mass is 32.2. The topological polar surface area (TPSA) is 93.6 Å². The van der Waals surface area contributed by atoms with Gasteiger partial charge in [-0.2, -0.15) is 0 Å². The number of carbonyl (C=O) groups is 3. The van der Waals surface area contributed by atoms with Crippen LogP contribution < -0.4 is 0 Å². The van der Waals surface area contributed by atoms with E-state index in [1.165, 1.54) is 0 Å². The standard InChI is InChI=1S/C30H46N4O5S/c1-3-12-32-13-8-10-29(2)23(26(32)36)24-27(37)34(15-6-4-5-7-20-35)25-28(38)33(14-9-11-30(24,25)40-29)17-16-31-18-21-39-22-19-31/h8-11,23-25,35H,3-7,12-22H2,1-2H3/t23-,24+,25?,29+,30+/m1/s1. The summed E-state index contributed by atoms with van der Waals surface area (Å²) in [4.78, 5) is 50.9. The zero-order chi connectivity index (χ0) is 28.3. The highest BCUT2D eigenvalue weighted by Crippen LogP contribution is 2.65. The summed E-state index contributed by atoms with van der Waals surface area (Å²) in [5, 5.41) is 9.19. The second-order valence-electron chi connectivity index (χ2n) is 12.0. The van der Waals surface area contributed by atoms with E-state index in [4.69, 9.17) is 4.74 Å². The minimum absolute atomic E-state index is 0.00105. The number of unbranched alkanes of at least 4 members (excludes halogenated alkanes) is 3. The van der Waals surface area contributed by atoms with E-state index in [9.17, 15) is 19.5 Å². The van der Waals surface area contributed by atoms with Gasteiger partial charge in [-0.05, 0) is 26.2 Å². The molecule has 0 saturated carbocycles. The van der Waals surface area contributed by atoms with Crippen LogP contribution in [0.25, 0.3) is 0 Å². The average Bonchev–Trinajstić information content (AvgIpc) is 3.21. The Balaban J connectivity index is 1.46. The van der Waals surface area contributed by atoms with Crippen molar-refractivity contribution in [1.82, 2.24) is 19.6 Å². The predicted molar refractivity (Wildman–Crippen MR) is 156 cm³/mol. The Morgan fingerprint density at radius 1 is 0.875 bits per heavy atom. The Morgan fingerprint density at radius 2 is 1.57 bits per heavy atom. The van der Waals surface area contributed by atoms with Crippen molar-refractivity contribution in [2.45, 2.75) is 61.5 Å². The molecule has 5 rings (SSSR count). The zero-order valence-electron chi connectivity index (χ0n) is 24.1. The van der Waals surface area contributed by atoms with Crippen LogP contribution in [0.4, 0.5) is 0 Å². The van der Waals surface area contributed by atoms with Gasteiger partial charge in [0, 0.05) is 63.7 Å². The van der Waals surface area contributed by atoms with Crippen LogP contribution in [0, 0.1) is 11.8 Å². The van der Waals surface area contributed by atoms with Crippen molar-refractivity contribution in [3.63, 3.8) is 0 Å². The van der Waals surface area contributed by atoms with E-state index in [2.05, 4.69) is 43.1 Å². The molecule has 1 unspecified atom stereocenters. The first-order chi connectivity index (χ1) is 19.4. The molecular weight excluding hydrogens is 528 g/mol. The second kappa shape index (κ2) is 12.5. The summed E-state index contributed by atoms with van der Waals surface area (Å²) in [5.41, 5.74) is 0. The van der Waals surface area contributed by atoms with Crippen LogP contribution in [0.2, 0.25) is 0 Å². The van der Waals surface area contributed by atoms with Crippen LogP contribution in [0.15, 0.2) is 24.3 Å². The van der Waals surface area contributed by atoms with Crippen molar-refractivity contribution in [2.75, 3.05) is 72.2 Å². The third kappa shape index (κ3) is 5.37. The number of hydrogen-bond donors (Lipinski definition) is 1. The number of rotatable bonds is 11. The number of likely N-dealkylation sites (tertiary alicyclic amines) is 1.